The van der Waals surface area contributed by atoms with E-state index in [4.69, 9.17) is 0 Å². The average molecular weight is 349 g/mol. The summed E-state index contributed by atoms with van der Waals surface area (Å²) < 4.78 is 1.75. The molecule has 1 aromatic heterocycles. The molecule has 0 aliphatic heterocycles. The van der Waals surface area contributed by atoms with E-state index in [1.165, 1.54) is 11.9 Å². The predicted octanol–water partition coefficient (Wildman–Crippen LogP) is 2.32. The summed E-state index contributed by atoms with van der Waals surface area (Å²) in [7, 11) is 4.09. The van der Waals surface area contributed by atoms with Crippen LogP contribution in [0.1, 0.15) is 27.0 Å². The lowest BCUT2D eigenvalue weighted by molar-refractivity contribution is 0.0951. The molecule has 0 saturated carbocycles. The number of carbonyl (C=O) groups is 1. The van der Waals surface area contributed by atoms with E-state index in [-0.39, 0.29) is 5.91 Å². The lowest BCUT2D eigenvalue weighted by Crippen LogP contribution is -2.22. The molecule has 1 N–H and O–H groups in total. The largest absolute Gasteiger partial charge is 0.348 e. The van der Waals surface area contributed by atoms with Crippen molar-refractivity contribution in [3.8, 4) is 0 Å². The topological polar surface area (TPSA) is 63.1 Å². The third-order valence-corrected chi connectivity index (χ3v) is 4.00. The quantitative estimate of drug-likeness (QED) is 0.711. The Morgan fingerprint density at radius 1 is 1.00 bits per heavy atom. The third kappa shape index (κ3) is 5.00. The van der Waals surface area contributed by atoms with Gasteiger partial charge in [-0.15, -0.1) is 0 Å². The fourth-order valence-electron chi connectivity index (χ4n) is 2.68. The van der Waals surface area contributed by atoms with Gasteiger partial charge >= 0.3 is 0 Å². The summed E-state index contributed by atoms with van der Waals surface area (Å²) >= 11 is 0. The first kappa shape index (κ1) is 17.8. The van der Waals surface area contributed by atoms with Crippen LogP contribution in [0, 0.1) is 0 Å². The number of nitrogens with zero attached hydrogens (tertiary/aromatic N) is 4. The van der Waals surface area contributed by atoms with Crippen molar-refractivity contribution in [2.75, 3.05) is 14.1 Å². The van der Waals surface area contributed by atoms with Crippen LogP contribution in [0.25, 0.3) is 0 Å². The monoisotopic (exact) mass is 349 g/mol. The Balaban J connectivity index is 1.53. The Morgan fingerprint density at radius 3 is 2.27 bits per heavy atom. The number of benzene rings is 2. The van der Waals surface area contributed by atoms with Crippen LogP contribution in [0.5, 0.6) is 0 Å². The van der Waals surface area contributed by atoms with Gasteiger partial charge in [0.15, 0.2) is 0 Å². The Morgan fingerprint density at radius 2 is 1.65 bits per heavy atom. The first-order chi connectivity index (χ1) is 12.6. The summed E-state index contributed by atoms with van der Waals surface area (Å²) in [4.78, 5) is 18.4. The molecule has 6 heteroatoms. The fourth-order valence-corrected chi connectivity index (χ4v) is 2.68. The summed E-state index contributed by atoms with van der Waals surface area (Å²) in [6.07, 6.45) is 3.18. The molecular weight excluding hydrogens is 326 g/mol. The van der Waals surface area contributed by atoms with Crippen LogP contribution < -0.4 is 5.32 Å². The maximum absolute atomic E-state index is 12.3. The van der Waals surface area contributed by atoms with Crippen LogP contribution in [0.3, 0.4) is 0 Å². The highest BCUT2D eigenvalue weighted by Crippen LogP contribution is 2.08. The molecule has 0 unspecified atom stereocenters. The molecule has 0 fully saturated rings. The maximum atomic E-state index is 12.3. The summed E-state index contributed by atoms with van der Waals surface area (Å²) in [5, 5.41) is 7.04. The number of rotatable bonds is 7. The van der Waals surface area contributed by atoms with Crippen molar-refractivity contribution >= 4 is 5.91 Å². The standard InChI is InChI=1S/C20H23N5O/c1-24(2)12-17-5-3-16(4-6-17)11-22-20(26)19-9-7-18(8-10-19)13-25-15-21-14-23-25/h3-10,14-15H,11-13H2,1-2H3,(H,22,26). The molecule has 0 radical (unpaired) electrons. The first-order valence-electron chi connectivity index (χ1n) is 8.52. The maximum Gasteiger partial charge on any atom is 0.251 e. The second-order valence-electron chi connectivity index (χ2n) is 6.53. The smallest absolute Gasteiger partial charge is 0.251 e. The highest BCUT2D eigenvalue weighted by molar-refractivity contribution is 5.94. The molecule has 2 aromatic carbocycles. The number of nitrogens with one attached hydrogen (secondary N) is 1. The third-order valence-electron chi connectivity index (χ3n) is 4.00. The van der Waals surface area contributed by atoms with Crippen molar-refractivity contribution in [2.24, 2.45) is 0 Å². The minimum absolute atomic E-state index is 0.0744. The van der Waals surface area contributed by atoms with Crippen molar-refractivity contribution in [1.82, 2.24) is 25.0 Å². The van der Waals surface area contributed by atoms with E-state index in [9.17, 15) is 4.79 Å². The van der Waals surface area contributed by atoms with Crippen LogP contribution in [-0.4, -0.2) is 39.7 Å². The average Bonchev–Trinajstić information content (AvgIpc) is 3.14. The zero-order valence-electron chi connectivity index (χ0n) is 15.1. The Bertz CT molecular complexity index is 824. The molecule has 0 spiro atoms. The van der Waals surface area contributed by atoms with Crippen LogP contribution in [-0.2, 0) is 19.6 Å². The molecule has 3 rings (SSSR count). The summed E-state index contributed by atoms with van der Waals surface area (Å²) in [5.74, 6) is -0.0744. The van der Waals surface area contributed by atoms with Crippen LogP contribution in [0.4, 0.5) is 0 Å². The van der Waals surface area contributed by atoms with Gasteiger partial charge in [-0.25, -0.2) is 9.67 Å². The van der Waals surface area contributed by atoms with E-state index in [1.807, 2.05) is 38.4 Å². The van der Waals surface area contributed by atoms with Gasteiger partial charge in [-0.2, -0.15) is 5.10 Å². The van der Waals surface area contributed by atoms with Gasteiger partial charge in [-0.3, -0.25) is 4.79 Å². The molecule has 1 amide bonds. The predicted molar refractivity (Wildman–Crippen MR) is 101 cm³/mol. The normalized spacial score (nSPS) is 10.9. The van der Waals surface area contributed by atoms with Crippen molar-refractivity contribution < 1.29 is 4.79 Å². The van der Waals surface area contributed by atoms with E-state index >= 15 is 0 Å². The molecule has 134 valence electrons. The molecule has 0 saturated heterocycles. The highest BCUT2D eigenvalue weighted by atomic mass is 16.1. The van der Waals surface area contributed by atoms with Crippen molar-refractivity contribution in [3.63, 3.8) is 0 Å². The van der Waals surface area contributed by atoms with E-state index in [0.717, 1.165) is 17.7 Å². The van der Waals surface area contributed by atoms with E-state index < -0.39 is 0 Å². The van der Waals surface area contributed by atoms with Gasteiger partial charge in [0.25, 0.3) is 5.91 Å². The van der Waals surface area contributed by atoms with Gasteiger partial charge in [0, 0.05) is 18.7 Å². The van der Waals surface area contributed by atoms with E-state index in [2.05, 4.69) is 44.6 Å². The van der Waals surface area contributed by atoms with Gasteiger partial charge in [-0.1, -0.05) is 36.4 Å². The Kier molecular flexibility index (Phi) is 5.76. The molecule has 0 aliphatic carbocycles. The number of amides is 1. The van der Waals surface area contributed by atoms with Gasteiger partial charge in [0.05, 0.1) is 6.54 Å². The summed E-state index contributed by atoms with van der Waals surface area (Å²) in [6.45, 7) is 2.07. The zero-order valence-corrected chi connectivity index (χ0v) is 15.1. The van der Waals surface area contributed by atoms with E-state index in [0.29, 0.717) is 18.7 Å². The van der Waals surface area contributed by atoms with Gasteiger partial charge in [0.1, 0.15) is 12.7 Å². The highest BCUT2D eigenvalue weighted by Gasteiger charge is 2.06. The molecule has 6 nitrogen and oxygen atoms in total. The van der Waals surface area contributed by atoms with Gasteiger partial charge in [-0.05, 0) is 42.9 Å². The van der Waals surface area contributed by atoms with Crippen LogP contribution in [0.15, 0.2) is 61.2 Å². The molecular formula is C20H23N5O. The zero-order chi connectivity index (χ0) is 18.4. The van der Waals surface area contributed by atoms with Gasteiger partial charge < -0.3 is 10.2 Å². The van der Waals surface area contributed by atoms with Crippen molar-refractivity contribution in [3.05, 3.63) is 83.4 Å². The molecule has 3 aromatic rings. The number of carbonyl (C=O) groups excluding carboxylic acids is 1. The summed E-state index contributed by atoms with van der Waals surface area (Å²) in [6, 6.07) is 15.9. The van der Waals surface area contributed by atoms with Crippen molar-refractivity contribution in [2.45, 2.75) is 19.6 Å². The fraction of sp³-hybridized carbons (Fsp3) is 0.250. The molecule has 1 heterocycles. The first-order valence-corrected chi connectivity index (χ1v) is 8.52. The lowest BCUT2D eigenvalue weighted by atomic mass is 10.1. The SMILES string of the molecule is CN(C)Cc1ccc(CNC(=O)c2ccc(Cn3cncn3)cc2)cc1. The molecule has 0 bridgehead atoms. The minimum Gasteiger partial charge on any atom is -0.348 e. The number of hydrogen-bond acceptors (Lipinski definition) is 4. The number of aromatic nitrogens is 3. The lowest BCUT2D eigenvalue weighted by Gasteiger charge is -2.10. The number of hydrogen-bond donors (Lipinski definition) is 1. The summed E-state index contributed by atoms with van der Waals surface area (Å²) in [5.41, 5.74) is 4.07. The Labute approximate surface area is 153 Å². The Hall–Kier alpha value is -2.99. The minimum atomic E-state index is -0.0744. The molecule has 0 aliphatic rings. The van der Waals surface area contributed by atoms with Crippen LogP contribution >= 0.6 is 0 Å². The van der Waals surface area contributed by atoms with Gasteiger partial charge in [0.2, 0.25) is 0 Å². The van der Waals surface area contributed by atoms with E-state index in [1.54, 1.807) is 11.0 Å². The molecule has 26 heavy (non-hydrogen) atoms. The second kappa shape index (κ2) is 8.40. The van der Waals surface area contributed by atoms with Crippen molar-refractivity contribution in [1.29, 1.82) is 0 Å². The second-order valence-corrected chi connectivity index (χ2v) is 6.53. The molecule has 0 atom stereocenters. The van der Waals surface area contributed by atoms with Crippen LogP contribution in [0.2, 0.25) is 0 Å².